The zero-order valence-corrected chi connectivity index (χ0v) is 9.82. The van der Waals surface area contributed by atoms with Crippen molar-refractivity contribution in [1.82, 2.24) is 4.98 Å². The maximum absolute atomic E-state index is 11.3. The predicted molar refractivity (Wildman–Crippen MR) is 63.2 cm³/mol. The van der Waals surface area contributed by atoms with Gasteiger partial charge < -0.3 is 9.82 Å². The van der Waals surface area contributed by atoms with Gasteiger partial charge in [0.25, 0.3) is 0 Å². The molecule has 0 aromatic carbocycles. The number of nitrogens with one attached hydrogen (secondary N) is 1. The molecule has 1 N–H and O–H groups in total. The van der Waals surface area contributed by atoms with Crippen molar-refractivity contribution >= 4 is 11.7 Å². The van der Waals surface area contributed by atoms with E-state index in [4.69, 9.17) is 4.84 Å². The van der Waals surface area contributed by atoms with Crippen LogP contribution in [0.4, 0.5) is 0 Å². The highest BCUT2D eigenvalue weighted by molar-refractivity contribution is 5.98. The fourth-order valence-corrected chi connectivity index (χ4v) is 1.29. The van der Waals surface area contributed by atoms with Gasteiger partial charge in [-0.3, -0.25) is 0 Å². The summed E-state index contributed by atoms with van der Waals surface area (Å²) in [6.45, 7) is 3.90. The van der Waals surface area contributed by atoms with E-state index >= 15 is 0 Å². The van der Waals surface area contributed by atoms with Crippen LogP contribution in [0.15, 0.2) is 23.6 Å². The number of carbonyl (C=O) groups excluding carboxylic acids is 1. The molecule has 1 aromatic rings. The normalized spacial score (nSPS) is 11.5. The maximum Gasteiger partial charge on any atom is 0.335 e. The van der Waals surface area contributed by atoms with Crippen molar-refractivity contribution in [3.8, 4) is 0 Å². The molecule has 4 heteroatoms. The highest BCUT2D eigenvalue weighted by Gasteiger charge is 2.03. The molecule has 1 heterocycles. The number of hydrogen-bond acceptors (Lipinski definition) is 3. The molecule has 0 fully saturated rings. The minimum Gasteiger partial charge on any atom is -0.367 e. The number of nitrogens with zero attached hydrogens (tertiary/aromatic N) is 1. The second-order valence-corrected chi connectivity index (χ2v) is 3.70. The van der Waals surface area contributed by atoms with Gasteiger partial charge >= 0.3 is 5.97 Å². The van der Waals surface area contributed by atoms with Crippen molar-refractivity contribution in [2.24, 2.45) is 5.16 Å². The number of oxime groups is 1. The first-order valence-corrected chi connectivity index (χ1v) is 5.61. The maximum atomic E-state index is 11.3. The Morgan fingerprint density at radius 2 is 2.31 bits per heavy atom. The quantitative estimate of drug-likeness (QED) is 0.348. The zero-order chi connectivity index (χ0) is 11.8. The Hall–Kier alpha value is -1.58. The van der Waals surface area contributed by atoms with Crippen LogP contribution in [0.3, 0.4) is 0 Å². The molecule has 88 valence electrons. The second kappa shape index (κ2) is 6.82. The van der Waals surface area contributed by atoms with Crippen LogP contribution >= 0.6 is 0 Å². The lowest BCUT2D eigenvalue weighted by Crippen LogP contribution is -2.02. The molecule has 0 bridgehead atoms. The van der Waals surface area contributed by atoms with Gasteiger partial charge in [0.2, 0.25) is 0 Å². The molecule has 0 spiro atoms. The Labute approximate surface area is 95.7 Å². The van der Waals surface area contributed by atoms with Gasteiger partial charge in [-0.1, -0.05) is 24.9 Å². The van der Waals surface area contributed by atoms with Crippen LogP contribution in [0, 0.1) is 0 Å². The minimum atomic E-state index is -0.261. The predicted octanol–water partition coefficient (Wildman–Crippen LogP) is 2.86. The van der Waals surface area contributed by atoms with Crippen molar-refractivity contribution in [2.45, 2.75) is 39.5 Å². The molecule has 0 aliphatic heterocycles. The van der Waals surface area contributed by atoms with E-state index in [-0.39, 0.29) is 5.97 Å². The van der Waals surface area contributed by atoms with Gasteiger partial charge in [0, 0.05) is 24.4 Å². The first-order chi connectivity index (χ1) is 7.74. The second-order valence-electron chi connectivity index (χ2n) is 3.70. The summed E-state index contributed by atoms with van der Waals surface area (Å²) in [6, 6.07) is 1.88. The van der Waals surface area contributed by atoms with Crippen molar-refractivity contribution in [3.05, 3.63) is 24.0 Å². The Morgan fingerprint density at radius 3 is 2.94 bits per heavy atom. The van der Waals surface area contributed by atoms with Gasteiger partial charge in [-0.05, 0) is 19.4 Å². The average Bonchev–Trinajstić information content (AvgIpc) is 2.79. The van der Waals surface area contributed by atoms with Crippen LogP contribution < -0.4 is 0 Å². The van der Waals surface area contributed by atoms with Crippen molar-refractivity contribution in [1.29, 1.82) is 0 Å². The fourth-order valence-electron chi connectivity index (χ4n) is 1.29. The Kier molecular flexibility index (Phi) is 5.32. The molecule has 0 radical (unpaired) electrons. The van der Waals surface area contributed by atoms with E-state index in [1.165, 1.54) is 0 Å². The Bertz CT molecular complexity index is 342. The van der Waals surface area contributed by atoms with Gasteiger partial charge in [0.1, 0.15) is 0 Å². The van der Waals surface area contributed by atoms with Crippen molar-refractivity contribution in [3.63, 3.8) is 0 Å². The topological polar surface area (TPSA) is 54.4 Å². The summed E-state index contributed by atoms with van der Waals surface area (Å²) < 4.78 is 0. The summed E-state index contributed by atoms with van der Waals surface area (Å²) in [7, 11) is 0. The van der Waals surface area contributed by atoms with Crippen LogP contribution in [-0.4, -0.2) is 16.7 Å². The molecular weight excluding hydrogens is 204 g/mol. The third-order valence-corrected chi connectivity index (χ3v) is 2.28. The molecule has 1 rings (SSSR count). The zero-order valence-electron chi connectivity index (χ0n) is 9.82. The molecule has 0 saturated heterocycles. The third-order valence-electron chi connectivity index (χ3n) is 2.28. The number of hydrogen-bond donors (Lipinski definition) is 1. The standard InChI is InChI=1S/C12H18N2O2/c1-3-4-5-6-12(15)16-14-10(2)11-7-8-13-9-11/h7-9,13H,3-6H2,1-2H3/b14-10-. The number of aromatic nitrogens is 1. The monoisotopic (exact) mass is 222 g/mol. The first kappa shape index (κ1) is 12.5. The molecule has 4 nitrogen and oxygen atoms in total. The SMILES string of the molecule is CCCCCC(=O)O/N=C(/C)c1cc[nH]c1. The van der Waals surface area contributed by atoms with Crippen molar-refractivity contribution < 1.29 is 9.63 Å². The van der Waals surface area contributed by atoms with E-state index in [0.29, 0.717) is 12.1 Å². The highest BCUT2D eigenvalue weighted by Crippen LogP contribution is 2.03. The molecule has 0 saturated carbocycles. The molecule has 0 amide bonds. The van der Waals surface area contributed by atoms with Crippen LogP contribution in [0.25, 0.3) is 0 Å². The Balaban J connectivity index is 2.32. The molecular formula is C12H18N2O2. The van der Waals surface area contributed by atoms with Crippen LogP contribution in [0.1, 0.15) is 45.1 Å². The number of aromatic amines is 1. The van der Waals surface area contributed by atoms with Gasteiger partial charge in [-0.25, -0.2) is 4.79 Å². The third kappa shape index (κ3) is 4.29. The van der Waals surface area contributed by atoms with E-state index in [0.717, 1.165) is 24.8 Å². The summed E-state index contributed by atoms with van der Waals surface area (Å²) in [6.07, 6.45) is 7.07. The lowest BCUT2D eigenvalue weighted by molar-refractivity contribution is -0.143. The number of rotatable bonds is 6. The van der Waals surface area contributed by atoms with Crippen molar-refractivity contribution in [2.75, 3.05) is 0 Å². The molecule has 16 heavy (non-hydrogen) atoms. The van der Waals surface area contributed by atoms with E-state index in [9.17, 15) is 4.79 Å². The molecule has 1 aromatic heterocycles. The fraction of sp³-hybridized carbons (Fsp3) is 0.500. The lowest BCUT2D eigenvalue weighted by atomic mass is 10.2. The summed E-state index contributed by atoms with van der Waals surface area (Å²) >= 11 is 0. The van der Waals surface area contributed by atoms with E-state index < -0.39 is 0 Å². The largest absolute Gasteiger partial charge is 0.367 e. The molecule has 0 unspecified atom stereocenters. The highest BCUT2D eigenvalue weighted by atomic mass is 16.7. The number of H-pyrrole nitrogens is 1. The van der Waals surface area contributed by atoms with Gasteiger partial charge in [-0.2, -0.15) is 0 Å². The number of unbranched alkanes of at least 4 members (excludes halogenated alkanes) is 2. The van der Waals surface area contributed by atoms with Gasteiger partial charge in [0.15, 0.2) is 0 Å². The van der Waals surface area contributed by atoms with E-state index in [2.05, 4.69) is 17.1 Å². The van der Waals surface area contributed by atoms with Gasteiger partial charge in [-0.15, -0.1) is 0 Å². The van der Waals surface area contributed by atoms with Gasteiger partial charge in [0.05, 0.1) is 5.71 Å². The van der Waals surface area contributed by atoms with Crippen LogP contribution in [0.5, 0.6) is 0 Å². The summed E-state index contributed by atoms with van der Waals surface area (Å²) in [4.78, 5) is 19.0. The average molecular weight is 222 g/mol. The summed E-state index contributed by atoms with van der Waals surface area (Å²) in [5.74, 6) is -0.261. The summed E-state index contributed by atoms with van der Waals surface area (Å²) in [5, 5.41) is 3.79. The van der Waals surface area contributed by atoms with Crippen LogP contribution in [-0.2, 0) is 9.63 Å². The number of carbonyl (C=O) groups is 1. The minimum absolute atomic E-state index is 0.261. The van der Waals surface area contributed by atoms with Crippen LogP contribution in [0.2, 0.25) is 0 Å². The molecule has 0 aliphatic carbocycles. The van der Waals surface area contributed by atoms with E-state index in [1.807, 2.05) is 19.2 Å². The lowest BCUT2D eigenvalue weighted by Gasteiger charge is -1.99. The Morgan fingerprint density at radius 1 is 1.50 bits per heavy atom. The van der Waals surface area contributed by atoms with E-state index in [1.54, 1.807) is 6.20 Å². The molecule has 0 aliphatic rings. The summed E-state index contributed by atoms with van der Waals surface area (Å²) in [5.41, 5.74) is 1.63. The smallest absolute Gasteiger partial charge is 0.335 e. The molecule has 0 atom stereocenters. The first-order valence-electron chi connectivity index (χ1n) is 5.61.